The lowest BCUT2D eigenvalue weighted by molar-refractivity contribution is 0.0680. The van der Waals surface area contributed by atoms with Crippen molar-refractivity contribution in [2.45, 2.75) is 31.8 Å². The van der Waals surface area contributed by atoms with Gasteiger partial charge in [-0.05, 0) is 25.0 Å². The summed E-state index contributed by atoms with van der Waals surface area (Å²) in [5.41, 5.74) is 0.759. The fourth-order valence-electron chi connectivity index (χ4n) is 4.00. The first-order valence-electron chi connectivity index (χ1n) is 9.20. The first kappa shape index (κ1) is 15.6. The van der Waals surface area contributed by atoms with Gasteiger partial charge in [-0.25, -0.2) is 0 Å². The summed E-state index contributed by atoms with van der Waals surface area (Å²) in [5.74, 6) is 2.88. The Kier molecular flexibility index (Phi) is 3.74. The summed E-state index contributed by atoms with van der Waals surface area (Å²) in [7, 11) is 0. The Balaban J connectivity index is 1.29. The van der Waals surface area contributed by atoms with Crippen LogP contribution in [-0.2, 0) is 13.1 Å². The zero-order chi connectivity index (χ0) is 17.5. The van der Waals surface area contributed by atoms with Crippen molar-refractivity contribution in [2.24, 2.45) is 0 Å². The molecule has 134 valence electrons. The largest absolute Gasteiger partial charge is 0.451 e. The molecule has 0 bridgehead atoms. The Morgan fingerprint density at radius 3 is 2.85 bits per heavy atom. The third-order valence-electron chi connectivity index (χ3n) is 5.43. The van der Waals surface area contributed by atoms with Crippen LogP contribution in [0.1, 0.15) is 41.0 Å². The minimum atomic E-state index is -0.0212. The third kappa shape index (κ3) is 2.59. The number of likely N-dealkylation sites (tertiary alicyclic amines) is 1. The maximum atomic E-state index is 12.8. The van der Waals surface area contributed by atoms with Gasteiger partial charge in [0.05, 0.1) is 6.54 Å². The molecule has 0 unspecified atom stereocenters. The topological polar surface area (TPSA) is 76.2 Å². The van der Waals surface area contributed by atoms with E-state index in [0.717, 1.165) is 68.2 Å². The molecule has 2 aliphatic heterocycles. The van der Waals surface area contributed by atoms with Gasteiger partial charge in [0.2, 0.25) is 0 Å². The average molecular weight is 351 g/mol. The number of nitrogens with one attached hydrogen (secondary N) is 1. The summed E-state index contributed by atoms with van der Waals surface area (Å²) in [6.45, 7) is 4.12. The van der Waals surface area contributed by atoms with Gasteiger partial charge in [0, 0.05) is 37.5 Å². The molecule has 1 N–H and O–H groups in total. The van der Waals surface area contributed by atoms with E-state index in [0.29, 0.717) is 11.7 Å². The fourth-order valence-corrected chi connectivity index (χ4v) is 4.00. The number of benzene rings is 1. The molecule has 1 amide bonds. The Bertz CT molecular complexity index is 919. The van der Waals surface area contributed by atoms with Crippen molar-refractivity contribution in [2.75, 3.05) is 19.6 Å². The van der Waals surface area contributed by atoms with Crippen molar-refractivity contribution in [1.29, 1.82) is 0 Å². The van der Waals surface area contributed by atoms with E-state index < -0.39 is 0 Å². The number of para-hydroxylation sites is 1. The predicted molar refractivity (Wildman–Crippen MR) is 95.8 cm³/mol. The maximum Gasteiger partial charge on any atom is 0.289 e. The van der Waals surface area contributed by atoms with Crippen LogP contribution in [0.2, 0.25) is 0 Å². The number of hydrogen-bond donors (Lipinski definition) is 1. The van der Waals surface area contributed by atoms with E-state index in [1.54, 1.807) is 0 Å². The van der Waals surface area contributed by atoms with Crippen LogP contribution in [-0.4, -0.2) is 45.2 Å². The van der Waals surface area contributed by atoms with Crippen molar-refractivity contribution < 1.29 is 9.21 Å². The lowest BCUT2D eigenvalue weighted by Crippen LogP contribution is -2.38. The second kappa shape index (κ2) is 6.25. The summed E-state index contributed by atoms with van der Waals surface area (Å²) < 4.78 is 7.98. The van der Waals surface area contributed by atoms with Crippen molar-refractivity contribution >= 4 is 16.9 Å². The number of rotatable bonds is 2. The van der Waals surface area contributed by atoms with Gasteiger partial charge < -0.3 is 19.2 Å². The Labute approximate surface area is 151 Å². The van der Waals surface area contributed by atoms with E-state index in [1.807, 2.05) is 35.2 Å². The van der Waals surface area contributed by atoms with Crippen molar-refractivity contribution in [3.63, 3.8) is 0 Å². The highest BCUT2D eigenvalue weighted by Gasteiger charge is 2.30. The van der Waals surface area contributed by atoms with Crippen LogP contribution in [0, 0.1) is 0 Å². The Morgan fingerprint density at radius 1 is 1.15 bits per heavy atom. The second-order valence-electron chi connectivity index (χ2n) is 7.02. The highest BCUT2D eigenvalue weighted by molar-refractivity contribution is 5.96. The number of piperidine rings is 1. The van der Waals surface area contributed by atoms with Gasteiger partial charge >= 0.3 is 0 Å². The van der Waals surface area contributed by atoms with Crippen molar-refractivity contribution in [3.05, 3.63) is 47.7 Å². The molecule has 0 spiro atoms. The zero-order valence-corrected chi connectivity index (χ0v) is 14.5. The SMILES string of the molecule is O=C(c1cc2ccccc2o1)N1CCC(c2nnc3n2CCNC3)CC1. The highest BCUT2D eigenvalue weighted by atomic mass is 16.3. The monoisotopic (exact) mass is 351 g/mol. The van der Waals surface area contributed by atoms with Gasteiger partial charge in [0.1, 0.15) is 17.2 Å². The smallest absolute Gasteiger partial charge is 0.289 e. The molecule has 1 saturated heterocycles. The van der Waals surface area contributed by atoms with Crippen LogP contribution in [0.5, 0.6) is 0 Å². The van der Waals surface area contributed by atoms with Gasteiger partial charge in [-0.15, -0.1) is 10.2 Å². The molecule has 0 aliphatic carbocycles. The quantitative estimate of drug-likeness (QED) is 0.766. The molecule has 4 heterocycles. The van der Waals surface area contributed by atoms with E-state index in [-0.39, 0.29) is 5.91 Å². The summed E-state index contributed by atoms with van der Waals surface area (Å²) in [4.78, 5) is 14.7. The summed E-state index contributed by atoms with van der Waals surface area (Å²) in [6, 6.07) is 9.56. The predicted octanol–water partition coefficient (Wildman–Crippen LogP) is 2.15. The molecule has 5 rings (SSSR count). The van der Waals surface area contributed by atoms with E-state index in [4.69, 9.17) is 4.42 Å². The molecule has 0 atom stereocenters. The van der Waals surface area contributed by atoms with E-state index in [2.05, 4.69) is 20.1 Å². The van der Waals surface area contributed by atoms with Crippen LogP contribution < -0.4 is 5.32 Å². The fraction of sp³-hybridized carbons (Fsp3) is 0.421. The molecule has 7 nitrogen and oxygen atoms in total. The molecule has 1 fully saturated rings. The van der Waals surface area contributed by atoms with Crippen LogP contribution >= 0.6 is 0 Å². The normalized spacial score (nSPS) is 18.2. The van der Waals surface area contributed by atoms with E-state index >= 15 is 0 Å². The number of hydrogen-bond acceptors (Lipinski definition) is 5. The molecule has 1 aromatic carbocycles. The number of fused-ring (bicyclic) bond motifs is 2. The first-order chi connectivity index (χ1) is 12.8. The number of furan rings is 1. The van der Waals surface area contributed by atoms with Gasteiger partial charge in [-0.2, -0.15) is 0 Å². The Hall–Kier alpha value is -2.67. The van der Waals surface area contributed by atoms with Crippen LogP contribution in [0.25, 0.3) is 11.0 Å². The van der Waals surface area contributed by atoms with E-state index in [1.165, 1.54) is 0 Å². The minimum Gasteiger partial charge on any atom is -0.451 e. The average Bonchev–Trinajstić information content (AvgIpc) is 3.32. The molecule has 26 heavy (non-hydrogen) atoms. The number of amides is 1. The number of nitrogens with zero attached hydrogens (tertiary/aromatic N) is 4. The van der Waals surface area contributed by atoms with Crippen LogP contribution in [0.3, 0.4) is 0 Å². The maximum absolute atomic E-state index is 12.8. The molecule has 3 aromatic rings. The molecular formula is C19H21N5O2. The first-order valence-corrected chi connectivity index (χ1v) is 9.20. The Morgan fingerprint density at radius 2 is 2.00 bits per heavy atom. The van der Waals surface area contributed by atoms with Gasteiger partial charge in [-0.3, -0.25) is 4.79 Å². The zero-order valence-electron chi connectivity index (χ0n) is 14.5. The van der Waals surface area contributed by atoms with E-state index in [9.17, 15) is 4.79 Å². The third-order valence-corrected chi connectivity index (χ3v) is 5.43. The highest BCUT2D eigenvalue weighted by Crippen LogP contribution is 2.29. The van der Waals surface area contributed by atoms with Crippen LogP contribution in [0.4, 0.5) is 0 Å². The molecular weight excluding hydrogens is 330 g/mol. The summed E-state index contributed by atoms with van der Waals surface area (Å²) in [5, 5.41) is 13.0. The van der Waals surface area contributed by atoms with Crippen LogP contribution in [0.15, 0.2) is 34.7 Å². The standard InChI is InChI=1S/C19H21N5O2/c25-19(16-11-14-3-1-2-4-15(14)26-16)23-8-5-13(6-9-23)18-22-21-17-12-20-7-10-24(17)18/h1-4,11,13,20H,5-10,12H2. The molecule has 0 saturated carbocycles. The molecule has 0 radical (unpaired) electrons. The van der Waals surface area contributed by atoms with Gasteiger partial charge in [0.25, 0.3) is 5.91 Å². The van der Waals surface area contributed by atoms with Gasteiger partial charge in [-0.1, -0.05) is 18.2 Å². The number of carbonyl (C=O) groups excluding carboxylic acids is 1. The van der Waals surface area contributed by atoms with Crippen molar-refractivity contribution in [3.8, 4) is 0 Å². The molecule has 7 heteroatoms. The molecule has 2 aliphatic rings. The minimum absolute atomic E-state index is 0.0212. The van der Waals surface area contributed by atoms with Gasteiger partial charge in [0.15, 0.2) is 5.76 Å². The molecule has 2 aromatic heterocycles. The second-order valence-corrected chi connectivity index (χ2v) is 7.02. The lowest BCUT2D eigenvalue weighted by atomic mass is 9.95. The van der Waals surface area contributed by atoms with Crippen molar-refractivity contribution in [1.82, 2.24) is 25.0 Å². The summed E-state index contributed by atoms with van der Waals surface area (Å²) in [6.07, 6.45) is 1.83. The summed E-state index contributed by atoms with van der Waals surface area (Å²) >= 11 is 0. The number of carbonyl (C=O) groups is 1. The number of aromatic nitrogens is 3. The lowest BCUT2D eigenvalue weighted by Gasteiger charge is -2.31.